The van der Waals surface area contributed by atoms with Gasteiger partial charge in [-0.15, -0.1) is 10.2 Å². The summed E-state index contributed by atoms with van der Waals surface area (Å²) in [5.74, 6) is 2.47. The van der Waals surface area contributed by atoms with Gasteiger partial charge in [0.15, 0.2) is 11.0 Å². The van der Waals surface area contributed by atoms with Crippen molar-refractivity contribution in [1.29, 1.82) is 0 Å². The van der Waals surface area contributed by atoms with Crippen LogP contribution in [0, 0.1) is 6.92 Å². The predicted molar refractivity (Wildman–Crippen MR) is 102 cm³/mol. The van der Waals surface area contributed by atoms with E-state index in [-0.39, 0.29) is 0 Å². The molecule has 0 unspecified atom stereocenters. The first-order valence-corrected chi connectivity index (χ1v) is 9.33. The van der Waals surface area contributed by atoms with Crippen molar-refractivity contribution in [1.82, 2.24) is 19.7 Å². The number of rotatable bonds is 6. The largest absolute Gasteiger partial charge is 0.469 e. The van der Waals surface area contributed by atoms with E-state index in [1.54, 1.807) is 24.2 Å². The maximum Gasteiger partial charge on any atom is 0.192 e. The maximum absolute atomic E-state index is 5.47. The van der Waals surface area contributed by atoms with Crippen LogP contribution in [0.15, 0.2) is 76.8 Å². The van der Waals surface area contributed by atoms with Crippen LogP contribution in [-0.2, 0) is 12.3 Å². The molecule has 130 valence electrons. The molecule has 1 aromatic carbocycles. The zero-order valence-corrected chi connectivity index (χ0v) is 15.2. The highest BCUT2D eigenvalue weighted by atomic mass is 32.2. The number of aromatic nitrogens is 4. The molecule has 4 rings (SSSR count). The van der Waals surface area contributed by atoms with E-state index in [4.69, 9.17) is 4.42 Å². The van der Waals surface area contributed by atoms with Gasteiger partial charge >= 0.3 is 0 Å². The summed E-state index contributed by atoms with van der Waals surface area (Å²) < 4.78 is 7.61. The molecule has 0 radical (unpaired) electrons. The van der Waals surface area contributed by atoms with Crippen LogP contribution < -0.4 is 0 Å². The van der Waals surface area contributed by atoms with Gasteiger partial charge in [0.1, 0.15) is 5.76 Å². The number of pyridine rings is 1. The van der Waals surface area contributed by atoms with Gasteiger partial charge in [0, 0.05) is 18.1 Å². The molecule has 0 N–H and O–H groups in total. The second kappa shape index (κ2) is 7.58. The van der Waals surface area contributed by atoms with Gasteiger partial charge in [-0.05, 0) is 30.2 Å². The first kappa shape index (κ1) is 16.6. The first-order valence-electron chi connectivity index (χ1n) is 8.34. The van der Waals surface area contributed by atoms with Crippen LogP contribution in [0.1, 0.15) is 16.9 Å². The van der Waals surface area contributed by atoms with E-state index in [2.05, 4.69) is 37.9 Å². The first-order chi connectivity index (χ1) is 12.8. The Morgan fingerprint density at radius 1 is 1.00 bits per heavy atom. The SMILES string of the molecule is Cc1occc1-c1nnc(SCc2cccnc2)n1Cc1ccccc1. The summed E-state index contributed by atoms with van der Waals surface area (Å²) in [7, 11) is 0. The minimum Gasteiger partial charge on any atom is -0.469 e. The van der Waals surface area contributed by atoms with Gasteiger partial charge in [0.25, 0.3) is 0 Å². The molecule has 0 saturated heterocycles. The fourth-order valence-electron chi connectivity index (χ4n) is 2.75. The summed E-state index contributed by atoms with van der Waals surface area (Å²) in [6.07, 6.45) is 5.35. The van der Waals surface area contributed by atoms with E-state index in [9.17, 15) is 0 Å². The van der Waals surface area contributed by atoms with E-state index < -0.39 is 0 Å². The Bertz CT molecular complexity index is 979. The number of thioether (sulfide) groups is 1. The molecule has 0 amide bonds. The van der Waals surface area contributed by atoms with Gasteiger partial charge in [-0.2, -0.15) is 0 Å². The molecular weight excluding hydrogens is 344 g/mol. The number of nitrogens with zero attached hydrogens (tertiary/aromatic N) is 4. The summed E-state index contributed by atoms with van der Waals surface area (Å²) in [6.45, 7) is 2.66. The van der Waals surface area contributed by atoms with E-state index in [1.807, 2.05) is 43.5 Å². The van der Waals surface area contributed by atoms with E-state index >= 15 is 0 Å². The monoisotopic (exact) mass is 362 g/mol. The molecular formula is C20H18N4OS. The van der Waals surface area contributed by atoms with Crippen molar-refractivity contribution in [3.8, 4) is 11.4 Å². The van der Waals surface area contributed by atoms with E-state index in [1.165, 1.54) is 5.56 Å². The second-order valence-electron chi connectivity index (χ2n) is 5.92. The minimum atomic E-state index is 0.711. The van der Waals surface area contributed by atoms with Crippen molar-refractivity contribution < 1.29 is 4.42 Å². The van der Waals surface area contributed by atoms with Crippen molar-refractivity contribution in [2.45, 2.75) is 24.4 Å². The van der Waals surface area contributed by atoms with Crippen LogP contribution in [0.5, 0.6) is 0 Å². The quantitative estimate of drug-likeness (QED) is 0.470. The fourth-order valence-corrected chi connectivity index (χ4v) is 3.62. The van der Waals surface area contributed by atoms with Gasteiger partial charge < -0.3 is 4.42 Å². The normalized spacial score (nSPS) is 11.0. The van der Waals surface area contributed by atoms with Gasteiger partial charge in [0.05, 0.1) is 18.4 Å². The molecule has 5 nitrogen and oxygen atoms in total. The Balaban J connectivity index is 1.67. The van der Waals surface area contributed by atoms with Gasteiger partial charge in [-0.1, -0.05) is 48.2 Å². The molecule has 0 aliphatic rings. The molecule has 0 atom stereocenters. The summed E-state index contributed by atoms with van der Waals surface area (Å²) in [6, 6.07) is 16.3. The van der Waals surface area contributed by atoms with Crippen LogP contribution in [-0.4, -0.2) is 19.7 Å². The highest BCUT2D eigenvalue weighted by Gasteiger charge is 2.17. The smallest absolute Gasteiger partial charge is 0.192 e. The number of hydrogen-bond acceptors (Lipinski definition) is 5. The highest BCUT2D eigenvalue weighted by molar-refractivity contribution is 7.98. The average Bonchev–Trinajstić information content (AvgIpc) is 3.27. The molecule has 4 aromatic rings. The van der Waals surface area contributed by atoms with Crippen molar-refractivity contribution in [3.63, 3.8) is 0 Å². The number of furan rings is 1. The van der Waals surface area contributed by atoms with Crippen LogP contribution in [0.4, 0.5) is 0 Å². The lowest BCUT2D eigenvalue weighted by Crippen LogP contribution is -2.04. The third-order valence-electron chi connectivity index (χ3n) is 4.09. The maximum atomic E-state index is 5.47. The highest BCUT2D eigenvalue weighted by Crippen LogP contribution is 2.29. The van der Waals surface area contributed by atoms with Crippen molar-refractivity contribution >= 4 is 11.8 Å². The Morgan fingerprint density at radius 2 is 1.85 bits per heavy atom. The third kappa shape index (κ3) is 3.55. The molecule has 0 saturated carbocycles. The molecule has 0 aliphatic heterocycles. The zero-order valence-electron chi connectivity index (χ0n) is 14.4. The average molecular weight is 362 g/mol. The van der Waals surface area contributed by atoms with Crippen LogP contribution >= 0.6 is 11.8 Å². The molecule has 0 bridgehead atoms. The van der Waals surface area contributed by atoms with Gasteiger partial charge in [-0.25, -0.2) is 0 Å². The molecule has 0 spiro atoms. The Hall–Kier alpha value is -2.86. The second-order valence-corrected chi connectivity index (χ2v) is 6.86. The summed E-state index contributed by atoms with van der Waals surface area (Å²) >= 11 is 1.66. The zero-order chi connectivity index (χ0) is 17.8. The topological polar surface area (TPSA) is 56.7 Å². The molecule has 3 heterocycles. The molecule has 0 fully saturated rings. The molecule has 26 heavy (non-hydrogen) atoms. The predicted octanol–water partition coefficient (Wildman–Crippen LogP) is 4.58. The number of aryl methyl sites for hydroxylation is 1. The van der Waals surface area contributed by atoms with E-state index in [0.717, 1.165) is 33.6 Å². The van der Waals surface area contributed by atoms with Crippen LogP contribution in [0.2, 0.25) is 0 Å². The molecule has 0 aliphatic carbocycles. The van der Waals surface area contributed by atoms with Crippen molar-refractivity contribution in [2.75, 3.05) is 0 Å². The van der Waals surface area contributed by atoms with E-state index in [0.29, 0.717) is 6.54 Å². The summed E-state index contributed by atoms with van der Waals surface area (Å²) in [4.78, 5) is 4.18. The Labute approximate surface area is 156 Å². The Kier molecular flexibility index (Phi) is 4.84. The lowest BCUT2D eigenvalue weighted by molar-refractivity contribution is 0.534. The number of hydrogen-bond donors (Lipinski definition) is 0. The van der Waals surface area contributed by atoms with Crippen molar-refractivity contribution in [3.05, 3.63) is 84.1 Å². The lowest BCUT2D eigenvalue weighted by atomic mass is 10.2. The van der Waals surface area contributed by atoms with Gasteiger partial charge in [0.2, 0.25) is 0 Å². The summed E-state index contributed by atoms with van der Waals surface area (Å²) in [5.41, 5.74) is 3.34. The minimum absolute atomic E-state index is 0.711. The van der Waals surface area contributed by atoms with Crippen LogP contribution in [0.3, 0.4) is 0 Å². The Morgan fingerprint density at radius 3 is 2.58 bits per heavy atom. The van der Waals surface area contributed by atoms with Gasteiger partial charge in [-0.3, -0.25) is 9.55 Å². The molecule has 3 aromatic heterocycles. The van der Waals surface area contributed by atoms with Crippen LogP contribution in [0.25, 0.3) is 11.4 Å². The standard InChI is InChI=1S/C20H18N4OS/c1-15-18(9-11-25-15)19-22-23-20(26-14-17-8-5-10-21-12-17)24(19)13-16-6-3-2-4-7-16/h2-12H,13-14H2,1H3. The molecule has 6 heteroatoms. The lowest BCUT2D eigenvalue weighted by Gasteiger charge is -2.10. The summed E-state index contributed by atoms with van der Waals surface area (Å²) in [5, 5.41) is 9.77. The third-order valence-corrected chi connectivity index (χ3v) is 5.13. The number of benzene rings is 1. The fraction of sp³-hybridized carbons (Fsp3) is 0.150. The van der Waals surface area contributed by atoms with Crippen molar-refractivity contribution in [2.24, 2.45) is 0 Å².